The highest BCUT2D eigenvalue weighted by atomic mass is 19.1. The van der Waals surface area contributed by atoms with Gasteiger partial charge in [0, 0.05) is 23.0 Å². The molecule has 1 aromatic heterocycles. The standard InChI is InChI=1S/C14H14FN3/c1-11-6-8-17-18(11)10-13-5-4-12(3-2-7-16)9-14(13)15/h4-6,8-9H,7,10,16H2,1H3. The number of hydrogen-bond acceptors (Lipinski definition) is 2. The van der Waals surface area contributed by atoms with Gasteiger partial charge in [0.1, 0.15) is 5.82 Å². The Balaban J connectivity index is 2.23. The molecule has 2 aromatic rings. The summed E-state index contributed by atoms with van der Waals surface area (Å²) in [5.41, 5.74) is 7.51. The van der Waals surface area contributed by atoms with E-state index >= 15 is 0 Å². The molecule has 2 rings (SSSR count). The van der Waals surface area contributed by atoms with Gasteiger partial charge in [-0.05, 0) is 25.1 Å². The average molecular weight is 243 g/mol. The van der Waals surface area contributed by atoms with Crippen LogP contribution in [-0.2, 0) is 6.54 Å². The average Bonchev–Trinajstić information content (AvgIpc) is 2.75. The molecule has 2 N–H and O–H groups in total. The van der Waals surface area contributed by atoms with Crippen molar-refractivity contribution in [1.29, 1.82) is 0 Å². The number of benzene rings is 1. The summed E-state index contributed by atoms with van der Waals surface area (Å²) in [4.78, 5) is 0. The maximum absolute atomic E-state index is 13.9. The molecule has 0 aliphatic rings. The summed E-state index contributed by atoms with van der Waals surface area (Å²) in [7, 11) is 0. The third kappa shape index (κ3) is 2.76. The molecule has 0 saturated heterocycles. The smallest absolute Gasteiger partial charge is 0.129 e. The van der Waals surface area contributed by atoms with Crippen molar-refractivity contribution in [3.05, 3.63) is 53.1 Å². The SMILES string of the molecule is Cc1ccnn1Cc1ccc(C#CCN)cc1F. The van der Waals surface area contributed by atoms with Crippen LogP contribution in [0.4, 0.5) is 4.39 Å². The molecule has 0 bridgehead atoms. The number of aryl methyl sites for hydroxylation is 1. The Kier molecular flexibility index (Phi) is 3.75. The third-order valence-corrected chi connectivity index (χ3v) is 2.64. The first-order chi connectivity index (χ1) is 8.70. The summed E-state index contributed by atoms with van der Waals surface area (Å²) in [6.07, 6.45) is 1.70. The predicted molar refractivity (Wildman–Crippen MR) is 68.4 cm³/mol. The molecule has 1 aromatic carbocycles. The van der Waals surface area contributed by atoms with E-state index in [4.69, 9.17) is 5.73 Å². The van der Waals surface area contributed by atoms with Gasteiger partial charge >= 0.3 is 0 Å². The number of rotatable bonds is 2. The maximum Gasteiger partial charge on any atom is 0.129 e. The normalized spacial score (nSPS) is 9.94. The van der Waals surface area contributed by atoms with Crippen LogP contribution in [0.25, 0.3) is 0 Å². The molecule has 92 valence electrons. The largest absolute Gasteiger partial charge is 0.320 e. The Labute approximate surface area is 105 Å². The minimum Gasteiger partial charge on any atom is -0.320 e. The molecule has 0 aliphatic heterocycles. The van der Waals surface area contributed by atoms with E-state index in [1.54, 1.807) is 23.0 Å². The minimum absolute atomic E-state index is 0.270. The lowest BCUT2D eigenvalue weighted by Crippen LogP contribution is -2.05. The van der Waals surface area contributed by atoms with Crippen molar-refractivity contribution in [1.82, 2.24) is 9.78 Å². The quantitative estimate of drug-likeness (QED) is 0.816. The molecule has 18 heavy (non-hydrogen) atoms. The number of hydrogen-bond donors (Lipinski definition) is 1. The second-order valence-corrected chi connectivity index (χ2v) is 3.94. The highest BCUT2D eigenvalue weighted by Gasteiger charge is 2.05. The van der Waals surface area contributed by atoms with Crippen LogP contribution in [-0.4, -0.2) is 16.3 Å². The van der Waals surface area contributed by atoms with Crippen molar-refractivity contribution in [2.75, 3.05) is 6.54 Å². The van der Waals surface area contributed by atoms with Crippen molar-refractivity contribution in [3.8, 4) is 11.8 Å². The number of nitrogens with two attached hydrogens (primary N) is 1. The fraction of sp³-hybridized carbons (Fsp3) is 0.214. The van der Waals surface area contributed by atoms with Crippen molar-refractivity contribution in [2.45, 2.75) is 13.5 Å². The Morgan fingerprint density at radius 3 is 2.83 bits per heavy atom. The van der Waals surface area contributed by atoms with E-state index in [9.17, 15) is 4.39 Å². The van der Waals surface area contributed by atoms with E-state index in [-0.39, 0.29) is 12.4 Å². The van der Waals surface area contributed by atoms with Gasteiger partial charge in [-0.1, -0.05) is 17.9 Å². The maximum atomic E-state index is 13.9. The first-order valence-electron chi connectivity index (χ1n) is 5.66. The summed E-state index contributed by atoms with van der Waals surface area (Å²) in [5, 5.41) is 4.13. The van der Waals surface area contributed by atoms with Crippen LogP contribution < -0.4 is 5.73 Å². The van der Waals surface area contributed by atoms with Gasteiger partial charge in [0.25, 0.3) is 0 Å². The van der Waals surface area contributed by atoms with Crippen LogP contribution in [0.2, 0.25) is 0 Å². The first-order valence-corrected chi connectivity index (χ1v) is 5.66. The van der Waals surface area contributed by atoms with Gasteiger partial charge < -0.3 is 5.73 Å². The van der Waals surface area contributed by atoms with E-state index in [0.29, 0.717) is 17.7 Å². The van der Waals surface area contributed by atoms with Gasteiger partial charge in [-0.3, -0.25) is 4.68 Å². The summed E-state index contributed by atoms with van der Waals surface area (Å²) < 4.78 is 15.6. The zero-order valence-corrected chi connectivity index (χ0v) is 10.2. The van der Waals surface area contributed by atoms with Gasteiger partial charge in [0.2, 0.25) is 0 Å². The Morgan fingerprint density at radius 2 is 2.22 bits per heavy atom. The third-order valence-electron chi connectivity index (χ3n) is 2.64. The monoisotopic (exact) mass is 243 g/mol. The van der Waals surface area contributed by atoms with Gasteiger partial charge in [0.05, 0.1) is 13.1 Å². The molecule has 0 unspecified atom stereocenters. The molecule has 0 radical (unpaired) electrons. The molecule has 3 nitrogen and oxygen atoms in total. The van der Waals surface area contributed by atoms with Crippen LogP contribution in [0, 0.1) is 24.6 Å². The van der Waals surface area contributed by atoms with Crippen LogP contribution >= 0.6 is 0 Å². The van der Waals surface area contributed by atoms with Crippen molar-refractivity contribution in [3.63, 3.8) is 0 Å². The van der Waals surface area contributed by atoms with E-state index < -0.39 is 0 Å². The second kappa shape index (κ2) is 5.48. The topological polar surface area (TPSA) is 43.8 Å². The highest BCUT2D eigenvalue weighted by molar-refractivity contribution is 5.37. The van der Waals surface area contributed by atoms with Crippen molar-refractivity contribution >= 4 is 0 Å². The molecular formula is C14H14FN3. The van der Waals surface area contributed by atoms with E-state index in [1.165, 1.54) is 6.07 Å². The van der Waals surface area contributed by atoms with Gasteiger partial charge in [-0.25, -0.2) is 4.39 Å². The summed E-state index contributed by atoms with van der Waals surface area (Å²) in [6, 6.07) is 6.84. The molecular weight excluding hydrogens is 229 g/mol. The first kappa shape index (κ1) is 12.3. The van der Waals surface area contributed by atoms with Gasteiger partial charge in [-0.2, -0.15) is 5.10 Å². The predicted octanol–water partition coefficient (Wildman–Crippen LogP) is 1.69. The van der Waals surface area contributed by atoms with E-state index in [1.807, 2.05) is 13.0 Å². The molecule has 4 heteroatoms. The van der Waals surface area contributed by atoms with Crippen LogP contribution in [0.15, 0.2) is 30.5 Å². The molecule has 1 heterocycles. The summed E-state index contributed by atoms with van der Waals surface area (Å²) in [5.74, 6) is 5.23. The Bertz CT molecular complexity index is 605. The lowest BCUT2D eigenvalue weighted by atomic mass is 10.1. The van der Waals surface area contributed by atoms with E-state index in [0.717, 1.165) is 5.69 Å². The van der Waals surface area contributed by atoms with Crippen LogP contribution in [0.1, 0.15) is 16.8 Å². The molecule has 0 amide bonds. The molecule has 0 fully saturated rings. The lowest BCUT2D eigenvalue weighted by Gasteiger charge is -2.06. The number of halogens is 1. The van der Waals surface area contributed by atoms with Gasteiger partial charge in [-0.15, -0.1) is 0 Å². The zero-order valence-electron chi connectivity index (χ0n) is 10.2. The molecule has 0 atom stereocenters. The van der Waals surface area contributed by atoms with Crippen LogP contribution in [0.5, 0.6) is 0 Å². The van der Waals surface area contributed by atoms with Crippen LogP contribution in [0.3, 0.4) is 0 Å². The van der Waals surface area contributed by atoms with Crippen molar-refractivity contribution < 1.29 is 4.39 Å². The molecule has 0 aliphatic carbocycles. The lowest BCUT2D eigenvalue weighted by molar-refractivity contribution is 0.580. The minimum atomic E-state index is -0.270. The fourth-order valence-corrected chi connectivity index (χ4v) is 1.63. The zero-order chi connectivity index (χ0) is 13.0. The highest BCUT2D eigenvalue weighted by Crippen LogP contribution is 2.12. The summed E-state index contributed by atoms with van der Waals surface area (Å²) >= 11 is 0. The van der Waals surface area contributed by atoms with Gasteiger partial charge in [0.15, 0.2) is 0 Å². The van der Waals surface area contributed by atoms with E-state index in [2.05, 4.69) is 16.9 Å². The second-order valence-electron chi connectivity index (χ2n) is 3.94. The molecule has 0 saturated carbocycles. The number of aromatic nitrogens is 2. The summed E-state index contributed by atoms with van der Waals surface area (Å²) in [6.45, 7) is 2.64. The van der Waals surface area contributed by atoms with Crippen molar-refractivity contribution in [2.24, 2.45) is 5.73 Å². The Morgan fingerprint density at radius 1 is 1.39 bits per heavy atom. The fourth-order valence-electron chi connectivity index (χ4n) is 1.63. The molecule has 0 spiro atoms. The Hall–Kier alpha value is -2.12. The number of nitrogens with zero attached hydrogens (tertiary/aromatic N) is 2.